The van der Waals surface area contributed by atoms with Crippen LogP contribution in [0.4, 0.5) is 18.9 Å². The predicted octanol–water partition coefficient (Wildman–Crippen LogP) is 3.22. The average Bonchev–Trinajstić information content (AvgIpc) is 3.26. The van der Waals surface area contributed by atoms with Gasteiger partial charge in [0.2, 0.25) is 0 Å². The van der Waals surface area contributed by atoms with Crippen LogP contribution in [0.5, 0.6) is 5.75 Å². The van der Waals surface area contributed by atoms with Gasteiger partial charge in [0.25, 0.3) is 5.91 Å². The van der Waals surface area contributed by atoms with Crippen LogP contribution in [0.2, 0.25) is 0 Å². The van der Waals surface area contributed by atoms with Crippen LogP contribution in [0.1, 0.15) is 21.5 Å². The van der Waals surface area contributed by atoms with Crippen LogP contribution in [0.15, 0.2) is 48.0 Å². The first-order valence-corrected chi connectivity index (χ1v) is 8.47. The Morgan fingerprint density at radius 2 is 2.07 bits per heavy atom. The lowest BCUT2D eigenvalue weighted by Crippen LogP contribution is -2.19. The molecular formula is C16H13F3N4O3S. The van der Waals surface area contributed by atoms with Crippen LogP contribution < -0.4 is 10.1 Å². The number of hydrogen-bond donors (Lipinski definition) is 2. The van der Waals surface area contributed by atoms with Crippen molar-refractivity contribution in [1.82, 2.24) is 15.0 Å². The number of hydrogen-bond acceptors (Lipinski definition) is 6. The summed E-state index contributed by atoms with van der Waals surface area (Å²) in [5.74, 6) is -1.30. The molecule has 0 spiro atoms. The molecule has 0 unspecified atom stereocenters. The highest BCUT2D eigenvalue weighted by atomic mass is 32.1. The topological polar surface area (TPSA) is 89.3 Å². The number of thiophene rings is 1. The molecule has 27 heavy (non-hydrogen) atoms. The van der Waals surface area contributed by atoms with Gasteiger partial charge in [-0.3, -0.25) is 4.79 Å². The molecule has 3 rings (SSSR count). The maximum atomic E-state index is 12.4. The number of aliphatic hydroxyl groups excluding tert-OH is 1. The van der Waals surface area contributed by atoms with Gasteiger partial charge in [0.05, 0.1) is 18.4 Å². The summed E-state index contributed by atoms with van der Waals surface area (Å²) in [6, 6.07) is 8.70. The minimum Gasteiger partial charge on any atom is -0.404 e. The van der Waals surface area contributed by atoms with Crippen molar-refractivity contribution >= 4 is 22.9 Å². The second-order valence-electron chi connectivity index (χ2n) is 5.36. The Balaban J connectivity index is 1.68. The molecule has 2 heterocycles. The van der Waals surface area contributed by atoms with Gasteiger partial charge in [-0.2, -0.15) is 0 Å². The molecule has 2 N–H and O–H groups in total. The first-order chi connectivity index (χ1) is 12.8. The zero-order chi connectivity index (χ0) is 19.4. The molecule has 0 saturated heterocycles. The van der Waals surface area contributed by atoms with Gasteiger partial charge >= 0.3 is 6.36 Å². The molecule has 0 aliphatic heterocycles. The molecule has 1 amide bonds. The van der Waals surface area contributed by atoms with Crippen LogP contribution in [-0.4, -0.2) is 32.4 Å². The Bertz CT molecular complexity index is 912. The van der Waals surface area contributed by atoms with Crippen LogP contribution >= 0.6 is 11.3 Å². The van der Waals surface area contributed by atoms with Crippen molar-refractivity contribution in [1.29, 1.82) is 0 Å². The Morgan fingerprint density at radius 3 is 2.78 bits per heavy atom. The largest absolute Gasteiger partial charge is 0.573 e. The van der Waals surface area contributed by atoms with Crippen molar-refractivity contribution in [2.45, 2.75) is 19.0 Å². The number of anilines is 1. The third kappa shape index (κ3) is 5.05. The summed E-state index contributed by atoms with van der Waals surface area (Å²) in [6.45, 7) is 0.0779. The number of halogens is 3. The zero-order valence-corrected chi connectivity index (χ0v) is 14.4. The highest BCUT2D eigenvalue weighted by molar-refractivity contribution is 7.10. The SMILES string of the molecule is O=C(Nc1ccccc1OC(F)(F)F)c1cn(C[C@H](O)c2cccs2)nn1. The van der Waals surface area contributed by atoms with Crippen LogP contribution in [0, 0.1) is 0 Å². The number of nitrogens with one attached hydrogen (secondary N) is 1. The van der Waals surface area contributed by atoms with Gasteiger partial charge in [0.15, 0.2) is 11.4 Å². The van der Waals surface area contributed by atoms with E-state index in [9.17, 15) is 23.1 Å². The minimum absolute atomic E-state index is 0.0779. The molecule has 0 saturated carbocycles. The number of benzene rings is 1. The highest BCUT2D eigenvalue weighted by Gasteiger charge is 2.32. The summed E-state index contributed by atoms with van der Waals surface area (Å²) < 4.78 is 42.5. The summed E-state index contributed by atoms with van der Waals surface area (Å²) in [6.07, 6.45) is -4.41. The molecule has 2 aromatic heterocycles. The van der Waals surface area contributed by atoms with Crippen LogP contribution in [0.25, 0.3) is 0 Å². The van der Waals surface area contributed by atoms with E-state index in [1.54, 1.807) is 12.1 Å². The van der Waals surface area contributed by atoms with E-state index < -0.39 is 24.1 Å². The van der Waals surface area contributed by atoms with E-state index in [2.05, 4.69) is 20.4 Å². The molecular weight excluding hydrogens is 385 g/mol. The van der Waals surface area contributed by atoms with Crippen molar-refractivity contribution in [2.75, 3.05) is 5.32 Å². The fourth-order valence-electron chi connectivity index (χ4n) is 2.21. The third-order valence-corrected chi connectivity index (χ3v) is 4.34. The van der Waals surface area contributed by atoms with Crippen LogP contribution in [0.3, 0.4) is 0 Å². The van der Waals surface area contributed by atoms with Gasteiger partial charge < -0.3 is 15.2 Å². The van der Waals surface area contributed by atoms with Gasteiger partial charge in [0.1, 0.15) is 6.10 Å². The average molecular weight is 398 g/mol. The lowest BCUT2D eigenvalue weighted by molar-refractivity contribution is -0.274. The Morgan fingerprint density at radius 1 is 1.30 bits per heavy atom. The van der Waals surface area contributed by atoms with Gasteiger partial charge in [-0.05, 0) is 23.6 Å². The number of para-hydroxylation sites is 2. The van der Waals surface area contributed by atoms with E-state index in [-0.39, 0.29) is 17.9 Å². The number of aromatic nitrogens is 3. The maximum Gasteiger partial charge on any atom is 0.573 e. The molecule has 7 nitrogen and oxygen atoms in total. The van der Waals surface area contributed by atoms with E-state index in [1.165, 1.54) is 40.4 Å². The highest BCUT2D eigenvalue weighted by Crippen LogP contribution is 2.30. The Hall–Kier alpha value is -2.92. The van der Waals surface area contributed by atoms with Crippen LogP contribution in [-0.2, 0) is 6.54 Å². The molecule has 11 heteroatoms. The monoisotopic (exact) mass is 398 g/mol. The lowest BCUT2D eigenvalue weighted by atomic mass is 10.3. The molecule has 0 fully saturated rings. The minimum atomic E-state index is -4.89. The smallest absolute Gasteiger partial charge is 0.404 e. The van der Waals surface area contributed by atoms with Crippen molar-refractivity contribution < 1.29 is 27.8 Å². The fraction of sp³-hybridized carbons (Fsp3) is 0.188. The summed E-state index contributed by atoms with van der Waals surface area (Å²) in [4.78, 5) is 13.0. The number of aliphatic hydroxyl groups is 1. The standard InChI is InChI=1S/C16H13F3N4O3S/c17-16(18,19)26-13-5-2-1-4-10(13)20-15(25)11-8-23(22-21-11)9-12(24)14-6-3-7-27-14/h1-8,12,24H,9H2,(H,20,25)/t12-/m0/s1. The second-order valence-corrected chi connectivity index (χ2v) is 6.33. The summed E-state index contributed by atoms with van der Waals surface area (Å²) in [7, 11) is 0. The van der Waals surface area contributed by atoms with Gasteiger partial charge in [-0.1, -0.05) is 23.4 Å². The quantitative estimate of drug-likeness (QED) is 0.666. The van der Waals surface area contributed by atoms with Gasteiger partial charge in [-0.15, -0.1) is 29.6 Å². The lowest BCUT2D eigenvalue weighted by Gasteiger charge is -2.13. The van der Waals surface area contributed by atoms with E-state index in [4.69, 9.17) is 0 Å². The fourth-order valence-corrected chi connectivity index (χ4v) is 2.91. The second kappa shape index (κ2) is 7.76. The van der Waals surface area contributed by atoms with Crippen molar-refractivity contribution in [3.8, 4) is 5.75 Å². The predicted molar refractivity (Wildman–Crippen MR) is 90.4 cm³/mol. The van der Waals surface area contributed by atoms with Gasteiger partial charge in [-0.25, -0.2) is 4.68 Å². The van der Waals surface area contributed by atoms with E-state index in [1.807, 2.05) is 5.38 Å². The number of carbonyl (C=O) groups excluding carboxylic acids is 1. The number of amides is 1. The molecule has 3 aromatic rings. The number of alkyl halides is 3. The molecule has 0 aliphatic rings. The molecule has 1 aromatic carbocycles. The van der Waals surface area contributed by atoms with Crippen molar-refractivity contribution in [3.05, 3.63) is 58.5 Å². The molecule has 0 radical (unpaired) electrons. The summed E-state index contributed by atoms with van der Waals surface area (Å²) in [5.41, 5.74) is -0.275. The first-order valence-electron chi connectivity index (χ1n) is 7.59. The molecule has 0 bridgehead atoms. The number of rotatable bonds is 6. The molecule has 142 valence electrons. The van der Waals surface area contributed by atoms with E-state index >= 15 is 0 Å². The molecule has 0 aliphatic carbocycles. The van der Waals surface area contributed by atoms with E-state index in [0.717, 1.165) is 10.9 Å². The number of nitrogens with zero attached hydrogens (tertiary/aromatic N) is 3. The first kappa shape index (κ1) is 18.9. The zero-order valence-electron chi connectivity index (χ0n) is 13.6. The molecule has 1 atom stereocenters. The third-order valence-electron chi connectivity index (χ3n) is 3.36. The summed E-state index contributed by atoms with van der Waals surface area (Å²) >= 11 is 1.37. The van der Waals surface area contributed by atoms with Gasteiger partial charge in [0, 0.05) is 4.88 Å². The number of carbonyl (C=O) groups is 1. The Kier molecular flexibility index (Phi) is 5.42. The number of ether oxygens (including phenoxy) is 1. The van der Waals surface area contributed by atoms with Crippen molar-refractivity contribution in [3.63, 3.8) is 0 Å². The Labute approximate surface area is 155 Å². The van der Waals surface area contributed by atoms with Crippen molar-refractivity contribution in [2.24, 2.45) is 0 Å². The van der Waals surface area contributed by atoms with E-state index in [0.29, 0.717) is 0 Å². The maximum absolute atomic E-state index is 12.4. The normalized spacial score (nSPS) is 12.6. The summed E-state index contributed by atoms with van der Waals surface area (Å²) in [5, 5.41) is 21.6.